The third kappa shape index (κ3) is 4.68. The van der Waals surface area contributed by atoms with Crippen LogP contribution in [0.25, 0.3) is 0 Å². The summed E-state index contributed by atoms with van der Waals surface area (Å²) in [4.78, 5) is 16.8. The van der Waals surface area contributed by atoms with Gasteiger partial charge in [-0.2, -0.15) is 0 Å². The molecule has 2 aliphatic rings. The molecule has 0 aromatic rings. The molecule has 0 radical (unpaired) electrons. The van der Waals surface area contributed by atoms with Gasteiger partial charge >= 0.3 is 0 Å². The van der Waals surface area contributed by atoms with E-state index in [0.29, 0.717) is 18.0 Å². The van der Waals surface area contributed by atoms with E-state index >= 15 is 0 Å². The topological polar surface area (TPSA) is 35.6 Å². The molecule has 1 unspecified atom stereocenters. The number of hydrogen-bond donors (Lipinski definition) is 1. The minimum absolute atomic E-state index is 0.245. The number of piperidine rings is 2. The second kappa shape index (κ2) is 7.10. The van der Waals surface area contributed by atoms with Gasteiger partial charge in [0.2, 0.25) is 5.91 Å². The summed E-state index contributed by atoms with van der Waals surface area (Å²) in [6.07, 6.45) is 6.23. The highest BCUT2D eigenvalue weighted by atomic mass is 16.2. The fraction of sp³-hybridized carbons (Fsp3) is 0.941. The molecule has 1 N–H and O–H groups in total. The second-order valence-electron chi connectivity index (χ2n) is 7.85. The molecule has 122 valence electrons. The minimum atomic E-state index is -0.245. The Morgan fingerprint density at radius 2 is 1.76 bits per heavy atom. The molecule has 0 aliphatic carbocycles. The number of likely N-dealkylation sites (N-methyl/N-ethyl adjacent to an activating group) is 1. The van der Waals surface area contributed by atoms with Crippen molar-refractivity contribution < 1.29 is 4.79 Å². The van der Waals surface area contributed by atoms with Crippen molar-refractivity contribution in [1.82, 2.24) is 15.1 Å². The van der Waals surface area contributed by atoms with Gasteiger partial charge in [-0.05, 0) is 39.3 Å². The van der Waals surface area contributed by atoms with Crippen LogP contribution in [0.1, 0.15) is 52.9 Å². The molecular weight excluding hydrogens is 262 g/mol. The van der Waals surface area contributed by atoms with Gasteiger partial charge in [0.1, 0.15) is 0 Å². The molecule has 0 bridgehead atoms. The maximum absolute atomic E-state index is 12.3. The molecule has 4 nitrogen and oxygen atoms in total. The average Bonchev–Trinajstić information content (AvgIpc) is 2.45. The number of rotatable bonds is 3. The Labute approximate surface area is 130 Å². The predicted octanol–water partition coefficient (Wildman–Crippen LogP) is 2.10. The Morgan fingerprint density at radius 1 is 1.10 bits per heavy atom. The number of carbonyl (C=O) groups excluding carboxylic acids is 1. The van der Waals surface area contributed by atoms with Crippen molar-refractivity contribution in [3.63, 3.8) is 0 Å². The van der Waals surface area contributed by atoms with Gasteiger partial charge in [0.05, 0.1) is 0 Å². The number of amides is 1. The van der Waals surface area contributed by atoms with Gasteiger partial charge < -0.3 is 15.1 Å². The molecule has 2 fully saturated rings. The number of nitrogens with one attached hydrogen (secondary N) is 1. The van der Waals surface area contributed by atoms with Gasteiger partial charge in [-0.25, -0.2) is 0 Å². The monoisotopic (exact) mass is 295 g/mol. The van der Waals surface area contributed by atoms with E-state index in [9.17, 15) is 4.79 Å². The van der Waals surface area contributed by atoms with E-state index in [2.05, 4.69) is 17.3 Å². The van der Waals surface area contributed by atoms with Gasteiger partial charge in [0.15, 0.2) is 0 Å². The summed E-state index contributed by atoms with van der Waals surface area (Å²) in [5.74, 6) is 0.299. The largest absolute Gasteiger partial charge is 0.342 e. The summed E-state index contributed by atoms with van der Waals surface area (Å²) >= 11 is 0. The molecule has 0 aromatic carbocycles. The summed E-state index contributed by atoms with van der Waals surface area (Å²) < 4.78 is 0. The summed E-state index contributed by atoms with van der Waals surface area (Å²) in [7, 11) is 2.25. The molecule has 0 aromatic heterocycles. The lowest BCUT2D eigenvalue weighted by Crippen LogP contribution is -2.51. The van der Waals surface area contributed by atoms with E-state index in [4.69, 9.17) is 0 Å². The van der Waals surface area contributed by atoms with Crippen molar-refractivity contribution in [2.45, 2.75) is 65.0 Å². The van der Waals surface area contributed by atoms with Crippen LogP contribution in [0.2, 0.25) is 0 Å². The molecule has 0 saturated carbocycles. The van der Waals surface area contributed by atoms with Crippen LogP contribution in [0, 0.1) is 5.41 Å². The minimum Gasteiger partial charge on any atom is -0.342 e. The molecule has 2 rings (SSSR count). The first kappa shape index (κ1) is 16.8. The first-order chi connectivity index (χ1) is 9.88. The standard InChI is InChI=1S/C17H33N3O/c1-17(2,3)16(21)20-11-8-14(9-12-20)18-13-15-7-5-6-10-19(15)4/h14-15,18H,5-13H2,1-4H3. The Balaban J connectivity index is 1.71. The van der Waals surface area contributed by atoms with Crippen LogP contribution in [0.15, 0.2) is 0 Å². The lowest BCUT2D eigenvalue weighted by Gasteiger charge is -2.38. The van der Waals surface area contributed by atoms with Crippen LogP contribution < -0.4 is 5.32 Å². The van der Waals surface area contributed by atoms with Gasteiger partial charge in [-0.1, -0.05) is 27.2 Å². The number of likely N-dealkylation sites (tertiary alicyclic amines) is 2. The Morgan fingerprint density at radius 3 is 2.33 bits per heavy atom. The molecule has 2 saturated heterocycles. The molecule has 2 aliphatic heterocycles. The SMILES string of the molecule is CN1CCCCC1CNC1CCN(C(=O)C(C)(C)C)CC1. The van der Waals surface area contributed by atoms with E-state index in [1.165, 1.54) is 25.8 Å². The van der Waals surface area contributed by atoms with E-state index in [1.54, 1.807) is 0 Å². The second-order valence-corrected chi connectivity index (χ2v) is 7.85. The quantitative estimate of drug-likeness (QED) is 0.866. The first-order valence-electron chi connectivity index (χ1n) is 8.61. The smallest absolute Gasteiger partial charge is 0.227 e. The summed E-state index contributed by atoms with van der Waals surface area (Å²) in [5, 5.41) is 3.74. The maximum atomic E-state index is 12.3. The highest BCUT2D eigenvalue weighted by molar-refractivity contribution is 5.81. The molecule has 1 amide bonds. The maximum Gasteiger partial charge on any atom is 0.227 e. The van der Waals surface area contributed by atoms with Crippen LogP contribution >= 0.6 is 0 Å². The van der Waals surface area contributed by atoms with E-state index < -0.39 is 0 Å². The fourth-order valence-corrected chi connectivity index (χ4v) is 3.47. The Kier molecular flexibility index (Phi) is 5.67. The van der Waals surface area contributed by atoms with E-state index in [-0.39, 0.29) is 5.41 Å². The van der Waals surface area contributed by atoms with Gasteiger partial charge in [0, 0.05) is 37.1 Å². The highest BCUT2D eigenvalue weighted by Gasteiger charge is 2.30. The summed E-state index contributed by atoms with van der Waals surface area (Å²) in [6.45, 7) is 10.2. The van der Waals surface area contributed by atoms with Crippen LogP contribution in [-0.2, 0) is 4.79 Å². The third-order valence-corrected chi connectivity index (χ3v) is 4.99. The number of carbonyl (C=O) groups is 1. The van der Waals surface area contributed by atoms with Crippen molar-refractivity contribution >= 4 is 5.91 Å². The lowest BCUT2D eigenvalue weighted by atomic mass is 9.93. The first-order valence-corrected chi connectivity index (χ1v) is 8.61. The molecule has 1 atom stereocenters. The average molecular weight is 295 g/mol. The zero-order valence-electron chi connectivity index (χ0n) is 14.3. The van der Waals surface area contributed by atoms with Crippen molar-refractivity contribution in [2.75, 3.05) is 33.2 Å². The molecule has 21 heavy (non-hydrogen) atoms. The predicted molar refractivity (Wildman–Crippen MR) is 87.3 cm³/mol. The Bertz CT molecular complexity index is 342. The fourth-order valence-electron chi connectivity index (χ4n) is 3.47. The van der Waals surface area contributed by atoms with Crippen LogP contribution in [0.3, 0.4) is 0 Å². The van der Waals surface area contributed by atoms with Crippen LogP contribution in [0.5, 0.6) is 0 Å². The van der Waals surface area contributed by atoms with E-state index in [1.807, 2.05) is 25.7 Å². The lowest BCUT2D eigenvalue weighted by molar-refractivity contribution is -0.140. The molecule has 4 heteroatoms. The highest BCUT2D eigenvalue weighted by Crippen LogP contribution is 2.21. The van der Waals surface area contributed by atoms with Gasteiger partial charge in [-0.15, -0.1) is 0 Å². The zero-order chi connectivity index (χ0) is 15.5. The van der Waals surface area contributed by atoms with Crippen molar-refractivity contribution in [1.29, 1.82) is 0 Å². The number of hydrogen-bond acceptors (Lipinski definition) is 3. The number of nitrogens with zero attached hydrogens (tertiary/aromatic N) is 2. The molecular formula is C17H33N3O. The Hall–Kier alpha value is -0.610. The van der Waals surface area contributed by atoms with Gasteiger partial charge in [-0.3, -0.25) is 4.79 Å². The summed E-state index contributed by atoms with van der Waals surface area (Å²) in [6, 6.07) is 1.29. The van der Waals surface area contributed by atoms with Crippen molar-refractivity contribution in [2.24, 2.45) is 5.41 Å². The van der Waals surface area contributed by atoms with Crippen LogP contribution in [-0.4, -0.2) is 61.0 Å². The zero-order valence-corrected chi connectivity index (χ0v) is 14.3. The van der Waals surface area contributed by atoms with Crippen molar-refractivity contribution in [3.8, 4) is 0 Å². The van der Waals surface area contributed by atoms with E-state index in [0.717, 1.165) is 32.5 Å². The molecule has 2 heterocycles. The van der Waals surface area contributed by atoms with Gasteiger partial charge in [0.25, 0.3) is 0 Å². The summed E-state index contributed by atoms with van der Waals surface area (Å²) in [5.41, 5.74) is -0.245. The van der Waals surface area contributed by atoms with Crippen LogP contribution in [0.4, 0.5) is 0 Å². The normalized spacial score (nSPS) is 26.1. The third-order valence-electron chi connectivity index (χ3n) is 4.99. The molecule has 0 spiro atoms. The van der Waals surface area contributed by atoms with Crippen molar-refractivity contribution in [3.05, 3.63) is 0 Å².